The minimum atomic E-state index is -0.466. The van der Waals surface area contributed by atoms with Crippen molar-refractivity contribution in [3.63, 3.8) is 0 Å². The fraction of sp³-hybridized carbons (Fsp3) is 0.308. The predicted molar refractivity (Wildman–Crippen MR) is 73.2 cm³/mol. The minimum absolute atomic E-state index is 0.0222. The normalized spacial score (nSPS) is 10.4. The van der Waals surface area contributed by atoms with Crippen LogP contribution in [-0.2, 0) is 13.6 Å². The summed E-state index contributed by atoms with van der Waals surface area (Å²) in [7, 11) is 1.96. The molecule has 0 unspecified atom stereocenters. The van der Waals surface area contributed by atoms with Crippen molar-refractivity contribution in [2.75, 3.05) is 12.3 Å². The first-order valence-corrected chi connectivity index (χ1v) is 6.25. The molecule has 0 aliphatic carbocycles. The van der Waals surface area contributed by atoms with Gasteiger partial charge in [0.05, 0.1) is 36.0 Å². The van der Waals surface area contributed by atoms with Crippen LogP contribution in [0.3, 0.4) is 0 Å². The number of rotatable bonds is 6. The van der Waals surface area contributed by atoms with E-state index in [1.54, 1.807) is 0 Å². The van der Waals surface area contributed by atoms with E-state index >= 15 is 0 Å². The van der Waals surface area contributed by atoms with Crippen LogP contribution in [-0.4, -0.2) is 16.2 Å². The quantitative estimate of drug-likeness (QED) is 0.283. The molecule has 7 heteroatoms. The Labute approximate surface area is 116 Å². The lowest BCUT2D eigenvalue weighted by Crippen LogP contribution is -2.38. The highest BCUT2D eigenvalue weighted by atomic mass is 16.6. The number of nitrogens with zero attached hydrogens (tertiary/aromatic N) is 3. The van der Waals surface area contributed by atoms with Gasteiger partial charge in [0, 0.05) is 18.6 Å². The lowest BCUT2D eigenvalue weighted by molar-refractivity contribution is -0.753. The number of nitrogens with two attached hydrogens (primary N) is 1. The number of anilines is 1. The average molecular weight is 277 g/mol. The molecule has 1 aromatic heterocycles. The molecule has 7 nitrogen and oxygen atoms in total. The Hall–Kier alpha value is -2.57. The Morgan fingerprint density at radius 2 is 2.30 bits per heavy atom. The number of aromatic nitrogens is 2. The molecule has 0 amide bonds. The number of hydrogen-bond donors (Lipinski definition) is 1. The van der Waals surface area contributed by atoms with Crippen molar-refractivity contribution in [2.24, 2.45) is 7.05 Å². The molecule has 0 atom stereocenters. The standard InChI is InChI=1S/C13H17N4O3/c1-15-6-2-7-16(15)8-3-9-20-13-10-11(17(18)19)4-5-12(13)14/h2,4-7,10H,3,8-9,14H2,1H3/q+1. The molecule has 106 valence electrons. The molecular formula is C13H17N4O3+. The molecule has 0 radical (unpaired) electrons. The second-order valence-electron chi connectivity index (χ2n) is 4.41. The minimum Gasteiger partial charge on any atom is -0.491 e. The summed E-state index contributed by atoms with van der Waals surface area (Å²) in [6, 6.07) is 6.16. The van der Waals surface area contributed by atoms with Crippen LogP contribution in [0.2, 0.25) is 0 Å². The Morgan fingerprint density at radius 3 is 2.95 bits per heavy atom. The fourth-order valence-electron chi connectivity index (χ4n) is 1.86. The molecule has 1 aromatic carbocycles. The van der Waals surface area contributed by atoms with Gasteiger partial charge in [-0.2, -0.15) is 4.68 Å². The van der Waals surface area contributed by atoms with Gasteiger partial charge >= 0.3 is 0 Å². The number of nitrogen functional groups attached to an aromatic ring is 1. The Morgan fingerprint density at radius 1 is 1.50 bits per heavy atom. The van der Waals surface area contributed by atoms with Crippen molar-refractivity contribution in [1.82, 2.24) is 4.68 Å². The third-order valence-electron chi connectivity index (χ3n) is 2.96. The van der Waals surface area contributed by atoms with Crippen LogP contribution >= 0.6 is 0 Å². The van der Waals surface area contributed by atoms with E-state index < -0.39 is 4.92 Å². The van der Waals surface area contributed by atoms with Crippen LogP contribution in [0.15, 0.2) is 36.7 Å². The summed E-state index contributed by atoms with van der Waals surface area (Å²) in [6.07, 6.45) is 4.71. The number of nitro groups is 1. The average Bonchev–Trinajstić information content (AvgIpc) is 2.82. The molecule has 0 spiro atoms. The zero-order chi connectivity index (χ0) is 14.5. The third-order valence-corrected chi connectivity index (χ3v) is 2.96. The summed E-state index contributed by atoms with van der Waals surface area (Å²) >= 11 is 0. The maximum Gasteiger partial charge on any atom is 0.273 e. The number of nitro benzene ring substituents is 1. The van der Waals surface area contributed by atoms with Crippen LogP contribution in [0.5, 0.6) is 5.75 Å². The van der Waals surface area contributed by atoms with E-state index in [1.165, 1.54) is 18.2 Å². The molecule has 0 aliphatic heterocycles. The summed E-state index contributed by atoms with van der Waals surface area (Å²) in [5.41, 5.74) is 6.12. The monoisotopic (exact) mass is 277 g/mol. The molecule has 0 saturated carbocycles. The molecule has 0 saturated heterocycles. The van der Waals surface area contributed by atoms with Crippen LogP contribution in [0.25, 0.3) is 0 Å². The van der Waals surface area contributed by atoms with Crippen LogP contribution in [0.1, 0.15) is 6.42 Å². The van der Waals surface area contributed by atoms with Crippen LogP contribution in [0, 0.1) is 10.1 Å². The Bertz CT molecular complexity index is 609. The number of hydrogen-bond acceptors (Lipinski definition) is 4. The fourth-order valence-corrected chi connectivity index (χ4v) is 1.86. The smallest absolute Gasteiger partial charge is 0.273 e. The van der Waals surface area contributed by atoms with E-state index in [4.69, 9.17) is 10.5 Å². The molecule has 2 rings (SSSR count). The maximum atomic E-state index is 10.7. The van der Waals surface area contributed by atoms with E-state index in [0.717, 1.165) is 13.0 Å². The first kappa shape index (κ1) is 13.9. The number of non-ortho nitro benzene ring substituents is 1. The molecule has 2 aromatic rings. The number of benzene rings is 1. The van der Waals surface area contributed by atoms with Gasteiger partial charge < -0.3 is 10.5 Å². The largest absolute Gasteiger partial charge is 0.491 e. The topological polar surface area (TPSA) is 87.2 Å². The molecule has 2 N–H and O–H groups in total. The van der Waals surface area contributed by atoms with Crippen LogP contribution in [0.4, 0.5) is 11.4 Å². The van der Waals surface area contributed by atoms with Crippen molar-refractivity contribution in [1.29, 1.82) is 0 Å². The number of ether oxygens (including phenoxy) is 1. The van der Waals surface area contributed by atoms with E-state index in [0.29, 0.717) is 18.0 Å². The van der Waals surface area contributed by atoms with Crippen molar-refractivity contribution in [3.05, 3.63) is 46.8 Å². The van der Waals surface area contributed by atoms with E-state index in [1.807, 2.05) is 34.9 Å². The van der Waals surface area contributed by atoms with Gasteiger partial charge in [0.25, 0.3) is 5.69 Å². The summed E-state index contributed by atoms with van der Waals surface area (Å²) in [5, 5.41) is 10.7. The highest BCUT2D eigenvalue weighted by Gasteiger charge is 2.10. The SMILES string of the molecule is C[n+]1cccn1CCCOc1cc([N+](=O)[O-])ccc1N. The Balaban J connectivity index is 1.89. The Kier molecular flexibility index (Phi) is 4.19. The molecular weight excluding hydrogens is 260 g/mol. The van der Waals surface area contributed by atoms with Crippen molar-refractivity contribution in [2.45, 2.75) is 13.0 Å². The molecule has 0 aliphatic rings. The van der Waals surface area contributed by atoms with Gasteiger partial charge in [-0.1, -0.05) is 0 Å². The van der Waals surface area contributed by atoms with E-state index in [-0.39, 0.29) is 5.69 Å². The van der Waals surface area contributed by atoms with Crippen molar-refractivity contribution >= 4 is 11.4 Å². The maximum absolute atomic E-state index is 10.7. The lowest BCUT2D eigenvalue weighted by Gasteiger charge is -2.08. The highest BCUT2D eigenvalue weighted by Crippen LogP contribution is 2.26. The zero-order valence-electron chi connectivity index (χ0n) is 11.2. The first-order valence-electron chi connectivity index (χ1n) is 6.25. The molecule has 1 heterocycles. The van der Waals surface area contributed by atoms with Gasteiger partial charge in [0.2, 0.25) is 0 Å². The molecule has 20 heavy (non-hydrogen) atoms. The van der Waals surface area contributed by atoms with Crippen molar-refractivity contribution < 1.29 is 14.3 Å². The second-order valence-corrected chi connectivity index (χ2v) is 4.41. The summed E-state index contributed by atoms with van der Waals surface area (Å²) < 4.78 is 9.53. The zero-order valence-corrected chi connectivity index (χ0v) is 11.2. The lowest BCUT2D eigenvalue weighted by atomic mass is 10.2. The first-order chi connectivity index (χ1) is 9.58. The van der Waals surface area contributed by atoms with Gasteiger partial charge in [-0.15, -0.1) is 4.68 Å². The third kappa shape index (κ3) is 3.25. The van der Waals surface area contributed by atoms with Gasteiger partial charge in [0.15, 0.2) is 13.2 Å². The van der Waals surface area contributed by atoms with Gasteiger partial charge in [-0.25, -0.2) is 0 Å². The summed E-state index contributed by atoms with van der Waals surface area (Å²) in [6.45, 7) is 1.25. The van der Waals surface area contributed by atoms with Gasteiger partial charge in [0.1, 0.15) is 5.75 Å². The summed E-state index contributed by atoms with van der Waals surface area (Å²) in [4.78, 5) is 10.2. The highest BCUT2D eigenvalue weighted by molar-refractivity contribution is 5.57. The van der Waals surface area contributed by atoms with Gasteiger partial charge in [-0.3, -0.25) is 10.1 Å². The van der Waals surface area contributed by atoms with Crippen LogP contribution < -0.4 is 15.2 Å². The van der Waals surface area contributed by atoms with Gasteiger partial charge in [-0.05, 0) is 6.07 Å². The molecule has 0 bridgehead atoms. The van der Waals surface area contributed by atoms with Crippen molar-refractivity contribution in [3.8, 4) is 5.75 Å². The summed E-state index contributed by atoms with van der Waals surface area (Å²) in [5.74, 6) is 0.357. The predicted octanol–water partition coefficient (Wildman–Crippen LogP) is 1.27. The number of aryl methyl sites for hydroxylation is 2. The van der Waals surface area contributed by atoms with E-state index in [2.05, 4.69) is 0 Å². The second kappa shape index (κ2) is 6.05. The molecule has 0 fully saturated rings. The van der Waals surface area contributed by atoms with E-state index in [9.17, 15) is 10.1 Å².